The van der Waals surface area contributed by atoms with E-state index in [-0.39, 0.29) is 0 Å². The van der Waals surface area contributed by atoms with Crippen molar-refractivity contribution < 1.29 is 13.2 Å². The Morgan fingerprint density at radius 3 is 2.09 bits per heavy atom. The molecular weight excluding hydrogens is 413 g/mol. The number of hydrogen-bond acceptors (Lipinski definition) is 3. The van der Waals surface area contributed by atoms with Crippen molar-refractivity contribution in [2.45, 2.75) is 51.5 Å². The zero-order chi connectivity index (χ0) is 22.1. The van der Waals surface area contributed by atoms with E-state index in [1.165, 1.54) is 10.1 Å². The smallest absolute Gasteiger partial charge is 0.365 e. The van der Waals surface area contributed by atoms with Crippen molar-refractivity contribution in [1.82, 2.24) is 9.55 Å². The summed E-state index contributed by atoms with van der Waals surface area (Å²) in [5.74, 6) is -0.740. The third-order valence-corrected chi connectivity index (χ3v) is 6.43. The molecule has 0 atom stereocenters. The topological polar surface area (TPSA) is 24.3 Å². The summed E-state index contributed by atoms with van der Waals surface area (Å²) in [4.78, 5) is 8.71. The molecule has 0 N–H and O–H groups in total. The quantitative estimate of drug-likeness (QED) is 0.524. The number of anilines is 2. The molecule has 0 amide bonds. The first-order valence-electron chi connectivity index (χ1n) is 11.3. The van der Waals surface area contributed by atoms with Crippen molar-refractivity contribution in [2.75, 3.05) is 22.9 Å². The van der Waals surface area contributed by atoms with Gasteiger partial charge in [0.25, 0.3) is 0 Å². The van der Waals surface area contributed by atoms with E-state index in [2.05, 4.69) is 39.0 Å². The Hall–Kier alpha value is -2.96. The number of imidazole rings is 1. The van der Waals surface area contributed by atoms with Gasteiger partial charge >= 0.3 is 6.18 Å². The van der Waals surface area contributed by atoms with E-state index in [4.69, 9.17) is 0 Å². The first kappa shape index (κ1) is 20.9. The lowest BCUT2D eigenvalue weighted by molar-refractivity contribution is -0.147. The molecule has 2 aliphatic heterocycles. The lowest BCUT2D eigenvalue weighted by Gasteiger charge is -2.28. The van der Waals surface area contributed by atoms with E-state index >= 15 is 0 Å². The second kappa shape index (κ2) is 8.52. The highest BCUT2D eigenvalue weighted by Crippen LogP contribution is 2.37. The molecule has 0 radical (unpaired) electrons. The molecular formula is C25H27F3N4. The molecule has 2 aromatic carbocycles. The van der Waals surface area contributed by atoms with Crippen LogP contribution in [0, 0.1) is 0 Å². The third-order valence-electron chi connectivity index (χ3n) is 6.43. The Bertz CT molecular complexity index is 1070. The number of fused-ring (bicyclic) bond motifs is 2. The molecule has 0 unspecified atom stereocenters. The molecule has 32 heavy (non-hydrogen) atoms. The van der Waals surface area contributed by atoms with Gasteiger partial charge in [-0.2, -0.15) is 13.2 Å². The molecule has 3 heterocycles. The van der Waals surface area contributed by atoms with E-state index in [1.807, 2.05) is 30.3 Å². The van der Waals surface area contributed by atoms with E-state index in [0.29, 0.717) is 25.2 Å². The van der Waals surface area contributed by atoms with Crippen LogP contribution >= 0.6 is 0 Å². The fraction of sp³-hybridized carbons (Fsp3) is 0.400. The van der Waals surface area contributed by atoms with Crippen LogP contribution in [0.5, 0.6) is 0 Å². The second-order valence-corrected chi connectivity index (χ2v) is 8.61. The van der Waals surface area contributed by atoms with Crippen LogP contribution in [0.15, 0.2) is 54.6 Å². The van der Waals surface area contributed by atoms with E-state index in [9.17, 15) is 13.2 Å². The zero-order valence-electron chi connectivity index (χ0n) is 18.0. The van der Waals surface area contributed by atoms with E-state index in [1.54, 1.807) is 0 Å². The fourth-order valence-corrected chi connectivity index (χ4v) is 4.97. The van der Waals surface area contributed by atoms with Crippen LogP contribution in [0.4, 0.5) is 24.5 Å². The summed E-state index contributed by atoms with van der Waals surface area (Å²) in [6, 6.07) is 18.6. The van der Waals surface area contributed by atoms with E-state index in [0.717, 1.165) is 56.0 Å². The number of alkyl halides is 3. The van der Waals surface area contributed by atoms with Crippen LogP contribution in [0.3, 0.4) is 0 Å². The minimum Gasteiger partial charge on any atom is -0.365 e. The SMILES string of the molecule is FC(F)(F)c1nc(CN2CCCN(Cc3ccccc3)c3ccccc32)c2n1CCCC2. The summed E-state index contributed by atoms with van der Waals surface area (Å²) < 4.78 is 42.3. The molecule has 3 aromatic rings. The minimum atomic E-state index is -4.42. The summed E-state index contributed by atoms with van der Waals surface area (Å²) in [6.07, 6.45) is -1.14. The highest BCUT2D eigenvalue weighted by Gasteiger charge is 2.39. The fourth-order valence-electron chi connectivity index (χ4n) is 4.97. The largest absolute Gasteiger partial charge is 0.449 e. The van der Waals surface area contributed by atoms with Crippen LogP contribution in [-0.4, -0.2) is 22.6 Å². The average Bonchev–Trinajstić information content (AvgIpc) is 3.08. The Kier molecular flexibility index (Phi) is 5.57. The van der Waals surface area contributed by atoms with Crippen molar-refractivity contribution in [3.63, 3.8) is 0 Å². The second-order valence-electron chi connectivity index (χ2n) is 8.61. The van der Waals surface area contributed by atoms with Gasteiger partial charge in [0, 0.05) is 31.9 Å². The first-order valence-corrected chi connectivity index (χ1v) is 11.3. The number of rotatable bonds is 4. The van der Waals surface area contributed by atoms with Gasteiger partial charge in [-0.15, -0.1) is 0 Å². The summed E-state index contributed by atoms with van der Waals surface area (Å²) in [7, 11) is 0. The summed E-state index contributed by atoms with van der Waals surface area (Å²) in [5.41, 5.74) is 4.76. The average molecular weight is 441 g/mol. The molecule has 2 aliphatic rings. The number of benzene rings is 2. The van der Waals surface area contributed by atoms with Crippen molar-refractivity contribution in [1.29, 1.82) is 0 Å². The Morgan fingerprint density at radius 2 is 1.41 bits per heavy atom. The minimum absolute atomic E-state index is 0.401. The summed E-state index contributed by atoms with van der Waals surface area (Å²) in [5, 5.41) is 0. The van der Waals surface area contributed by atoms with Crippen molar-refractivity contribution in [2.24, 2.45) is 0 Å². The molecule has 0 spiro atoms. The van der Waals surface area contributed by atoms with Gasteiger partial charge in [0.2, 0.25) is 5.82 Å². The molecule has 0 saturated carbocycles. The van der Waals surface area contributed by atoms with Crippen molar-refractivity contribution in [3.05, 3.63) is 77.4 Å². The predicted octanol–water partition coefficient (Wildman–Crippen LogP) is 5.66. The predicted molar refractivity (Wildman–Crippen MR) is 120 cm³/mol. The Balaban J connectivity index is 1.47. The Labute approximate surface area is 186 Å². The highest BCUT2D eigenvalue weighted by atomic mass is 19.4. The van der Waals surface area contributed by atoms with Gasteiger partial charge in [-0.05, 0) is 43.4 Å². The maximum atomic E-state index is 13.6. The summed E-state index contributed by atoms with van der Waals surface area (Å²) >= 11 is 0. The number of aromatic nitrogens is 2. The maximum absolute atomic E-state index is 13.6. The first-order chi connectivity index (χ1) is 15.5. The van der Waals surface area contributed by atoms with Gasteiger partial charge in [-0.1, -0.05) is 42.5 Å². The molecule has 7 heteroatoms. The number of nitrogens with zero attached hydrogens (tertiary/aromatic N) is 4. The third kappa shape index (κ3) is 4.08. The number of hydrogen-bond donors (Lipinski definition) is 0. The normalized spacial score (nSPS) is 16.5. The molecule has 0 bridgehead atoms. The molecule has 1 aromatic heterocycles. The van der Waals surface area contributed by atoms with Gasteiger partial charge in [-0.3, -0.25) is 0 Å². The van der Waals surface area contributed by atoms with Crippen LogP contribution in [0.2, 0.25) is 0 Å². The lowest BCUT2D eigenvalue weighted by Crippen LogP contribution is -2.24. The summed E-state index contributed by atoms with van der Waals surface area (Å²) in [6.45, 7) is 3.30. The van der Waals surface area contributed by atoms with Gasteiger partial charge < -0.3 is 14.4 Å². The monoisotopic (exact) mass is 440 g/mol. The number of halogens is 3. The molecule has 0 fully saturated rings. The Morgan fingerprint density at radius 1 is 0.750 bits per heavy atom. The maximum Gasteiger partial charge on any atom is 0.449 e. The van der Waals surface area contributed by atoms with Gasteiger partial charge in [0.1, 0.15) is 0 Å². The van der Waals surface area contributed by atoms with E-state index < -0.39 is 12.0 Å². The standard InChI is InChI=1S/C25H27F3N4/c26-25(27,28)24-29-20(21-11-6-7-16-32(21)24)18-31-15-8-14-30(17-19-9-2-1-3-10-19)22-12-4-5-13-23(22)31/h1-5,9-10,12-13H,6-8,11,14-18H2. The highest BCUT2D eigenvalue weighted by molar-refractivity contribution is 5.72. The molecule has 0 aliphatic carbocycles. The number of para-hydroxylation sites is 2. The molecule has 0 saturated heterocycles. The van der Waals surface area contributed by atoms with Gasteiger partial charge in [0.05, 0.1) is 23.6 Å². The van der Waals surface area contributed by atoms with Crippen LogP contribution in [0.1, 0.15) is 42.0 Å². The van der Waals surface area contributed by atoms with Gasteiger partial charge in [-0.25, -0.2) is 4.98 Å². The molecule has 5 rings (SSSR count). The van der Waals surface area contributed by atoms with Crippen LogP contribution in [-0.2, 0) is 32.2 Å². The van der Waals surface area contributed by atoms with Crippen LogP contribution in [0.25, 0.3) is 0 Å². The lowest BCUT2D eigenvalue weighted by atomic mass is 10.1. The molecule has 168 valence electrons. The zero-order valence-corrected chi connectivity index (χ0v) is 18.0. The molecule has 4 nitrogen and oxygen atoms in total. The van der Waals surface area contributed by atoms with Crippen molar-refractivity contribution in [3.8, 4) is 0 Å². The van der Waals surface area contributed by atoms with Crippen LogP contribution < -0.4 is 9.80 Å². The van der Waals surface area contributed by atoms with Crippen molar-refractivity contribution >= 4 is 11.4 Å². The van der Waals surface area contributed by atoms with Gasteiger partial charge in [0.15, 0.2) is 0 Å².